The van der Waals surface area contributed by atoms with Gasteiger partial charge in [-0.05, 0) is 24.7 Å². The average Bonchev–Trinajstić information content (AvgIpc) is 2.93. The van der Waals surface area contributed by atoms with Crippen molar-refractivity contribution in [3.63, 3.8) is 0 Å². The lowest BCUT2D eigenvalue weighted by molar-refractivity contribution is -0.142. The van der Waals surface area contributed by atoms with Gasteiger partial charge in [0.15, 0.2) is 0 Å². The van der Waals surface area contributed by atoms with Crippen molar-refractivity contribution in [2.24, 2.45) is 17.8 Å². The lowest BCUT2D eigenvalue weighted by Gasteiger charge is -2.30. The average molecular weight is 298 g/mol. The molecule has 6 heteroatoms. The maximum absolute atomic E-state index is 12.2. The van der Waals surface area contributed by atoms with Gasteiger partial charge in [0.25, 0.3) is 0 Å². The van der Waals surface area contributed by atoms with Crippen molar-refractivity contribution in [1.82, 2.24) is 10.2 Å². The Bertz CT molecular complexity index is 388. The van der Waals surface area contributed by atoms with E-state index in [0.29, 0.717) is 19.1 Å². The third-order valence-corrected chi connectivity index (χ3v) is 4.77. The molecule has 1 heterocycles. The van der Waals surface area contributed by atoms with E-state index >= 15 is 0 Å². The summed E-state index contributed by atoms with van der Waals surface area (Å²) in [7, 11) is 1.65. The van der Waals surface area contributed by atoms with E-state index < -0.39 is 11.9 Å². The number of amides is 2. The highest BCUT2D eigenvalue weighted by atomic mass is 16.5. The van der Waals surface area contributed by atoms with E-state index in [9.17, 15) is 9.59 Å². The number of carbonyl (C=O) groups excluding carboxylic acids is 1. The Morgan fingerprint density at radius 2 is 2.10 bits per heavy atom. The van der Waals surface area contributed by atoms with Crippen molar-refractivity contribution in [2.45, 2.75) is 38.6 Å². The number of nitrogens with zero attached hydrogens (tertiary/aromatic N) is 1. The van der Waals surface area contributed by atoms with Gasteiger partial charge in [0.05, 0.1) is 19.3 Å². The van der Waals surface area contributed by atoms with Gasteiger partial charge in [-0.3, -0.25) is 4.79 Å². The van der Waals surface area contributed by atoms with Crippen LogP contribution in [0, 0.1) is 17.8 Å². The molecular weight excluding hydrogens is 272 g/mol. The van der Waals surface area contributed by atoms with Gasteiger partial charge in [-0.25, -0.2) is 4.79 Å². The zero-order chi connectivity index (χ0) is 15.4. The van der Waals surface area contributed by atoms with Gasteiger partial charge in [0.1, 0.15) is 5.92 Å². The Kier molecular flexibility index (Phi) is 5.45. The minimum Gasteiger partial charge on any atom is -0.481 e. The van der Waals surface area contributed by atoms with Crippen molar-refractivity contribution in [1.29, 1.82) is 0 Å². The Morgan fingerprint density at radius 1 is 1.33 bits per heavy atom. The third-order valence-electron chi connectivity index (χ3n) is 4.77. The molecule has 2 fully saturated rings. The second kappa shape index (κ2) is 7.11. The van der Waals surface area contributed by atoms with Crippen molar-refractivity contribution in [2.75, 3.05) is 26.8 Å². The minimum atomic E-state index is -0.904. The quantitative estimate of drug-likeness (QED) is 0.825. The summed E-state index contributed by atoms with van der Waals surface area (Å²) in [4.78, 5) is 24.8. The second-order valence-corrected chi connectivity index (χ2v) is 6.48. The lowest BCUT2D eigenvalue weighted by atomic mass is 9.82. The SMILES string of the molecule is CC1CCCC(CNC(=O)N(C)C2COCC2C(=O)O)C1. The predicted molar refractivity (Wildman–Crippen MR) is 78.0 cm³/mol. The summed E-state index contributed by atoms with van der Waals surface area (Å²) >= 11 is 0. The first-order valence-electron chi connectivity index (χ1n) is 7.80. The van der Waals surface area contributed by atoms with E-state index in [2.05, 4.69) is 12.2 Å². The van der Waals surface area contributed by atoms with Gasteiger partial charge in [-0.2, -0.15) is 0 Å². The van der Waals surface area contributed by atoms with Crippen LogP contribution in [0.4, 0.5) is 4.79 Å². The Morgan fingerprint density at radius 3 is 2.76 bits per heavy atom. The Labute approximate surface area is 125 Å². The number of ether oxygens (including phenoxy) is 1. The summed E-state index contributed by atoms with van der Waals surface area (Å²) in [5.74, 6) is -0.257. The number of urea groups is 1. The van der Waals surface area contributed by atoms with Gasteiger partial charge in [0.2, 0.25) is 0 Å². The van der Waals surface area contributed by atoms with Gasteiger partial charge in [0, 0.05) is 13.6 Å². The maximum Gasteiger partial charge on any atom is 0.317 e. The summed E-state index contributed by atoms with van der Waals surface area (Å²) < 4.78 is 5.21. The third kappa shape index (κ3) is 4.09. The number of hydrogen-bond donors (Lipinski definition) is 2. The molecule has 0 aromatic carbocycles. The van der Waals surface area contributed by atoms with Gasteiger partial charge >= 0.3 is 12.0 Å². The molecule has 1 aliphatic carbocycles. The van der Waals surface area contributed by atoms with Crippen LogP contribution in [0.5, 0.6) is 0 Å². The number of carboxylic acid groups (broad SMARTS) is 1. The number of hydrogen-bond acceptors (Lipinski definition) is 3. The summed E-state index contributed by atoms with van der Waals surface area (Å²) in [6, 6.07) is -0.581. The molecule has 1 aliphatic heterocycles. The molecular formula is C15H26N2O4. The Balaban J connectivity index is 1.80. The van der Waals surface area contributed by atoms with E-state index in [0.717, 1.165) is 12.3 Å². The zero-order valence-electron chi connectivity index (χ0n) is 12.9. The highest BCUT2D eigenvalue weighted by molar-refractivity contribution is 5.77. The van der Waals surface area contributed by atoms with Gasteiger partial charge < -0.3 is 20.1 Å². The highest BCUT2D eigenvalue weighted by Crippen LogP contribution is 2.28. The van der Waals surface area contributed by atoms with E-state index in [1.807, 2.05) is 0 Å². The van der Waals surface area contributed by atoms with Crippen LogP contribution in [0.3, 0.4) is 0 Å². The first-order valence-corrected chi connectivity index (χ1v) is 7.80. The summed E-state index contributed by atoms with van der Waals surface area (Å²) in [6.45, 7) is 3.41. The molecule has 4 unspecified atom stereocenters. The van der Waals surface area contributed by atoms with Crippen LogP contribution in [-0.4, -0.2) is 54.9 Å². The number of carbonyl (C=O) groups is 2. The fourth-order valence-electron chi connectivity index (χ4n) is 3.41. The molecule has 4 atom stereocenters. The summed E-state index contributed by atoms with van der Waals surface area (Å²) in [6.07, 6.45) is 4.84. The first-order chi connectivity index (χ1) is 9.99. The number of rotatable bonds is 4. The fourth-order valence-corrected chi connectivity index (χ4v) is 3.41. The van der Waals surface area contributed by atoms with E-state index in [1.165, 1.54) is 24.2 Å². The van der Waals surface area contributed by atoms with Crippen LogP contribution in [0.15, 0.2) is 0 Å². The normalized spacial score (nSPS) is 32.7. The molecule has 6 nitrogen and oxygen atoms in total. The second-order valence-electron chi connectivity index (χ2n) is 6.48. The molecule has 2 amide bonds. The molecule has 0 aromatic rings. The molecule has 0 radical (unpaired) electrons. The summed E-state index contributed by atoms with van der Waals surface area (Å²) in [5, 5.41) is 12.1. The number of likely N-dealkylation sites (N-methyl/N-ethyl adjacent to an activating group) is 1. The van der Waals surface area contributed by atoms with Crippen molar-refractivity contribution in [3.8, 4) is 0 Å². The molecule has 2 N–H and O–H groups in total. The van der Waals surface area contributed by atoms with E-state index in [4.69, 9.17) is 9.84 Å². The fraction of sp³-hybridized carbons (Fsp3) is 0.867. The molecule has 120 valence electrons. The molecule has 2 aliphatic rings. The van der Waals surface area contributed by atoms with Crippen molar-refractivity contribution < 1.29 is 19.4 Å². The zero-order valence-corrected chi connectivity index (χ0v) is 12.9. The van der Waals surface area contributed by atoms with Crippen LogP contribution < -0.4 is 5.32 Å². The van der Waals surface area contributed by atoms with Crippen molar-refractivity contribution >= 4 is 12.0 Å². The monoisotopic (exact) mass is 298 g/mol. The molecule has 21 heavy (non-hydrogen) atoms. The smallest absolute Gasteiger partial charge is 0.317 e. The number of aliphatic carboxylic acids is 1. The molecule has 0 spiro atoms. The number of carboxylic acids is 1. The van der Waals surface area contributed by atoms with Crippen LogP contribution in [0.1, 0.15) is 32.6 Å². The standard InChI is InChI=1S/C15H26N2O4/c1-10-4-3-5-11(6-10)7-16-15(20)17(2)13-9-21-8-12(13)14(18)19/h10-13H,3-9H2,1-2H3,(H,16,20)(H,18,19). The molecule has 2 rings (SSSR count). The lowest BCUT2D eigenvalue weighted by Crippen LogP contribution is -2.49. The van der Waals surface area contributed by atoms with Crippen LogP contribution >= 0.6 is 0 Å². The maximum atomic E-state index is 12.2. The minimum absolute atomic E-state index is 0.178. The van der Waals surface area contributed by atoms with E-state index in [1.54, 1.807) is 7.05 Å². The van der Waals surface area contributed by atoms with Crippen molar-refractivity contribution in [3.05, 3.63) is 0 Å². The highest BCUT2D eigenvalue weighted by Gasteiger charge is 2.38. The molecule has 0 aromatic heterocycles. The predicted octanol–water partition coefficient (Wildman–Crippen LogP) is 1.55. The largest absolute Gasteiger partial charge is 0.481 e. The Hall–Kier alpha value is -1.30. The summed E-state index contributed by atoms with van der Waals surface area (Å²) in [5.41, 5.74) is 0. The van der Waals surface area contributed by atoms with Crippen LogP contribution in [0.25, 0.3) is 0 Å². The molecule has 1 saturated heterocycles. The molecule has 1 saturated carbocycles. The van der Waals surface area contributed by atoms with E-state index in [-0.39, 0.29) is 18.7 Å². The first kappa shape index (κ1) is 16.1. The van der Waals surface area contributed by atoms with Gasteiger partial charge in [-0.15, -0.1) is 0 Å². The number of nitrogens with one attached hydrogen (secondary N) is 1. The van der Waals surface area contributed by atoms with Crippen LogP contribution in [-0.2, 0) is 9.53 Å². The molecule has 0 bridgehead atoms. The van der Waals surface area contributed by atoms with Gasteiger partial charge in [-0.1, -0.05) is 19.8 Å². The topological polar surface area (TPSA) is 78.9 Å². The van der Waals surface area contributed by atoms with Crippen LogP contribution in [0.2, 0.25) is 0 Å².